The summed E-state index contributed by atoms with van der Waals surface area (Å²) in [6.07, 6.45) is 0.357. The Morgan fingerprint density at radius 2 is 2.00 bits per heavy atom. The molecule has 0 unspecified atom stereocenters. The molecule has 2 aromatic rings. The number of nitrogens with one attached hydrogen (secondary N) is 1. The molecule has 0 aliphatic rings. The van der Waals surface area contributed by atoms with Crippen LogP contribution in [0, 0.1) is 0 Å². The van der Waals surface area contributed by atoms with Gasteiger partial charge in [-0.05, 0) is 6.07 Å². The molecule has 1 heterocycles. The highest BCUT2D eigenvalue weighted by atomic mass is 35.5. The second kappa shape index (κ2) is 4.82. The van der Waals surface area contributed by atoms with Crippen molar-refractivity contribution in [2.24, 2.45) is 0 Å². The van der Waals surface area contributed by atoms with Crippen LogP contribution in [0.5, 0.6) is 0 Å². The first kappa shape index (κ1) is 12.6. The van der Waals surface area contributed by atoms with E-state index in [0.717, 1.165) is 5.39 Å². The van der Waals surface area contributed by atoms with Crippen LogP contribution in [0.4, 0.5) is 5.69 Å². The molecular weight excluding hydrogens is 252 g/mol. The van der Waals surface area contributed by atoms with Crippen LogP contribution in [0.3, 0.4) is 0 Å². The number of carbonyl (C=O) groups is 2. The molecule has 1 aromatic heterocycles. The Hall–Kier alpha value is -1.81. The van der Waals surface area contributed by atoms with Crippen LogP contribution in [-0.2, 0) is 4.79 Å². The fourth-order valence-electron chi connectivity index (χ4n) is 1.86. The van der Waals surface area contributed by atoms with Crippen LogP contribution in [0.25, 0.3) is 10.9 Å². The number of aromatic nitrogens is 1. The average Bonchev–Trinajstić information content (AvgIpc) is 2.62. The molecule has 0 saturated carbocycles. The minimum Gasteiger partial charge on any atom is -0.323 e. The number of hydrogen-bond acceptors (Lipinski definition) is 2. The van der Waals surface area contributed by atoms with E-state index < -0.39 is 0 Å². The monoisotopic (exact) mass is 264 g/mol. The standard InChI is InChI=1S/C13H13ClN2O2/c1-3-11(18)15-12-9-6-4-5-7-10(9)16(8(2)17)13(12)14/h4-7H,3H2,1-2H3,(H,15,18). The van der Waals surface area contributed by atoms with Crippen molar-refractivity contribution in [2.45, 2.75) is 20.3 Å². The molecule has 0 spiro atoms. The first-order valence-corrected chi connectivity index (χ1v) is 6.03. The van der Waals surface area contributed by atoms with Gasteiger partial charge in [-0.1, -0.05) is 36.7 Å². The molecule has 18 heavy (non-hydrogen) atoms. The summed E-state index contributed by atoms with van der Waals surface area (Å²) in [5.74, 6) is -0.323. The Labute approximate surface area is 110 Å². The topological polar surface area (TPSA) is 51.1 Å². The van der Waals surface area contributed by atoms with E-state index in [2.05, 4.69) is 5.32 Å². The Balaban J connectivity index is 2.69. The lowest BCUT2D eigenvalue weighted by molar-refractivity contribution is -0.115. The molecule has 5 heteroatoms. The highest BCUT2D eigenvalue weighted by Gasteiger charge is 2.18. The Kier molecular flexibility index (Phi) is 3.39. The summed E-state index contributed by atoms with van der Waals surface area (Å²) < 4.78 is 1.39. The third-order valence-corrected chi connectivity index (χ3v) is 3.08. The average molecular weight is 265 g/mol. The highest BCUT2D eigenvalue weighted by Crippen LogP contribution is 2.34. The third kappa shape index (κ3) is 1.99. The second-order valence-electron chi connectivity index (χ2n) is 3.94. The van der Waals surface area contributed by atoms with Gasteiger partial charge in [-0.15, -0.1) is 0 Å². The Morgan fingerprint density at radius 1 is 1.33 bits per heavy atom. The Bertz CT molecular complexity index is 631. The first-order chi connectivity index (χ1) is 8.56. The first-order valence-electron chi connectivity index (χ1n) is 5.66. The number of anilines is 1. The van der Waals surface area contributed by atoms with Gasteiger partial charge in [0.05, 0.1) is 11.2 Å². The second-order valence-corrected chi connectivity index (χ2v) is 4.30. The lowest BCUT2D eigenvalue weighted by atomic mass is 10.2. The molecular formula is C13H13ClN2O2. The van der Waals surface area contributed by atoms with Crippen molar-refractivity contribution >= 4 is 40.0 Å². The van der Waals surface area contributed by atoms with E-state index in [9.17, 15) is 9.59 Å². The molecule has 1 aromatic carbocycles. The van der Waals surface area contributed by atoms with Gasteiger partial charge in [-0.2, -0.15) is 0 Å². The summed E-state index contributed by atoms with van der Waals surface area (Å²) in [6, 6.07) is 7.28. The number of carbonyl (C=O) groups excluding carboxylic acids is 2. The number of rotatable bonds is 2. The van der Waals surface area contributed by atoms with Crippen LogP contribution in [0.1, 0.15) is 25.1 Å². The molecule has 0 radical (unpaired) electrons. The van der Waals surface area contributed by atoms with Crippen molar-refractivity contribution in [3.8, 4) is 0 Å². The van der Waals surface area contributed by atoms with Gasteiger partial charge >= 0.3 is 0 Å². The fraction of sp³-hybridized carbons (Fsp3) is 0.231. The van der Waals surface area contributed by atoms with Gasteiger partial charge < -0.3 is 5.32 Å². The molecule has 1 amide bonds. The molecule has 0 aliphatic heterocycles. The third-order valence-electron chi connectivity index (χ3n) is 2.72. The van der Waals surface area contributed by atoms with E-state index in [1.54, 1.807) is 13.0 Å². The van der Waals surface area contributed by atoms with Crippen LogP contribution in [0.15, 0.2) is 24.3 Å². The summed E-state index contributed by atoms with van der Waals surface area (Å²) in [5.41, 5.74) is 1.19. The predicted octanol–water partition coefficient (Wildman–Crippen LogP) is 3.30. The number of halogens is 1. The maximum absolute atomic E-state index is 11.6. The molecule has 2 rings (SSSR count). The summed E-state index contributed by atoms with van der Waals surface area (Å²) >= 11 is 6.18. The molecule has 94 valence electrons. The lowest BCUT2D eigenvalue weighted by Crippen LogP contribution is -2.10. The van der Waals surface area contributed by atoms with Crippen molar-refractivity contribution in [3.63, 3.8) is 0 Å². The zero-order chi connectivity index (χ0) is 13.3. The van der Waals surface area contributed by atoms with Crippen molar-refractivity contribution in [1.82, 2.24) is 4.57 Å². The van der Waals surface area contributed by atoms with Gasteiger partial charge in [0.15, 0.2) is 0 Å². The van der Waals surface area contributed by atoms with E-state index >= 15 is 0 Å². The fourth-order valence-corrected chi connectivity index (χ4v) is 2.22. The maximum atomic E-state index is 11.6. The van der Waals surface area contributed by atoms with Crippen LogP contribution in [-0.4, -0.2) is 16.4 Å². The van der Waals surface area contributed by atoms with Gasteiger partial charge in [0.2, 0.25) is 11.8 Å². The van der Waals surface area contributed by atoms with Gasteiger partial charge in [0, 0.05) is 18.7 Å². The Morgan fingerprint density at radius 3 is 2.61 bits per heavy atom. The van der Waals surface area contributed by atoms with E-state index in [0.29, 0.717) is 17.6 Å². The van der Waals surface area contributed by atoms with Gasteiger partial charge in [0.1, 0.15) is 5.15 Å². The minimum absolute atomic E-state index is 0.136. The molecule has 0 saturated heterocycles. The highest BCUT2D eigenvalue weighted by molar-refractivity contribution is 6.36. The number of amides is 1. The SMILES string of the molecule is CCC(=O)Nc1c(Cl)n(C(C)=O)c2ccccc12. The summed E-state index contributed by atoms with van der Waals surface area (Å²) in [4.78, 5) is 23.1. The molecule has 4 nitrogen and oxygen atoms in total. The number of para-hydroxylation sites is 1. The van der Waals surface area contributed by atoms with Crippen molar-refractivity contribution < 1.29 is 9.59 Å². The zero-order valence-corrected chi connectivity index (χ0v) is 10.9. The van der Waals surface area contributed by atoms with Crippen LogP contribution in [0.2, 0.25) is 5.15 Å². The number of hydrogen-bond donors (Lipinski definition) is 1. The normalized spacial score (nSPS) is 10.6. The van der Waals surface area contributed by atoms with E-state index in [-0.39, 0.29) is 17.0 Å². The zero-order valence-electron chi connectivity index (χ0n) is 10.2. The van der Waals surface area contributed by atoms with E-state index in [1.165, 1.54) is 11.5 Å². The summed E-state index contributed by atoms with van der Waals surface area (Å²) in [6.45, 7) is 3.19. The van der Waals surface area contributed by atoms with Crippen LogP contribution < -0.4 is 5.32 Å². The minimum atomic E-state index is -0.187. The molecule has 0 fully saturated rings. The molecule has 0 bridgehead atoms. The smallest absolute Gasteiger partial charge is 0.229 e. The summed E-state index contributed by atoms with van der Waals surface area (Å²) in [5, 5.41) is 3.74. The van der Waals surface area contributed by atoms with E-state index in [1.807, 2.05) is 18.2 Å². The van der Waals surface area contributed by atoms with E-state index in [4.69, 9.17) is 11.6 Å². The van der Waals surface area contributed by atoms with Gasteiger partial charge in [-0.3, -0.25) is 14.2 Å². The lowest BCUT2D eigenvalue weighted by Gasteiger charge is -2.03. The summed E-state index contributed by atoms with van der Waals surface area (Å²) in [7, 11) is 0. The van der Waals surface area contributed by atoms with Gasteiger partial charge in [0.25, 0.3) is 0 Å². The molecule has 1 N–H and O–H groups in total. The van der Waals surface area contributed by atoms with Crippen molar-refractivity contribution in [1.29, 1.82) is 0 Å². The number of nitrogens with zero attached hydrogens (tertiary/aromatic N) is 1. The predicted molar refractivity (Wildman–Crippen MR) is 72.2 cm³/mol. The quantitative estimate of drug-likeness (QED) is 0.905. The van der Waals surface area contributed by atoms with Crippen molar-refractivity contribution in [3.05, 3.63) is 29.4 Å². The number of fused-ring (bicyclic) bond motifs is 1. The van der Waals surface area contributed by atoms with Crippen molar-refractivity contribution in [2.75, 3.05) is 5.32 Å². The largest absolute Gasteiger partial charge is 0.323 e. The number of benzene rings is 1. The van der Waals surface area contributed by atoms with Crippen LogP contribution >= 0.6 is 11.6 Å². The molecule has 0 atom stereocenters. The molecule has 0 aliphatic carbocycles. The van der Waals surface area contributed by atoms with Gasteiger partial charge in [-0.25, -0.2) is 0 Å². The maximum Gasteiger partial charge on any atom is 0.229 e.